The second-order valence-corrected chi connectivity index (χ2v) is 9.83. The average molecular weight is 501 g/mol. The summed E-state index contributed by atoms with van der Waals surface area (Å²) in [4.78, 5) is 32.3. The topological polar surface area (TPSA) is 120 Å². The SMILES string of the molecule is CNC(=O)c1cc(Cl)ncc1NC(=O)C1(c2ccccc2C(C)C)CN(c2nnc(CO)s2)C1. The summed E-state index contributed by atoms with van der Waals surface area (Å²) < 4.78 is 0. The van der Waals surface area contributed by atoms with Gasteiger partial charge in [0, 0.05) is 20.1 Å². The van der Waals surface area contributed by atoms with E-state index in [9.17, 15) is 14.7 Å². The van der Waals surface area contributed by atoms with Crippen molar-refractivity contribution in [1.82, 2.24) is 20.5 Å². The fraction of sp³-hybridized carbons (Fsp3) is 0.348. The van der Waals surface area contributed by atoms with Crippen LogP contribution in [0.15, 0.2) is 36.5 Å². The van der Waals surface area contributed by atoms with Crippen molar-refractivity contribution in [3.8, 4) is 0 Å². The fourth-order valence-corrected chi connectivity index (χ4v) is 5.00. The molecule has 4 rings (SSSR count). The summed E-state index contributed by atoms with van der Waals surface area (Å²) in [6.07, 6.45) is 1.39. The highest BCUT2D eigenvalue weighted by Crippen LogP contribution is 2.42. The lowest BCUT2D eigenvalue weighted by Gasteiger charge is -2.49. The molecular formula is C23H25ClN6O3S. The number of pyridine rings is 1. The molecule has 0 spiro atoms. The van der Waals surface area contributed by atoms with Crippen LogP contribution in [0.25, 0.3) is 0 Å². The number of anilines is 2. The first kappa shape index (κ1) is 24.1. The Kier molecular flexibility index (Phi) is 6.83. The van der Waals surface area contributed by atoms with E-state index in [0.717, 1.165) is 11.1 Å². The number of nitrogens with zero attached hydrogens (tertiary/aromatic N) is 4. The molecule has 1 aliphatic heterocycles. The van der Waals surface area contributed by atoms with Gasteiger partial charge in [-0.3, -0.25) is 9.59 Å². The van der Waals surface area contributed by atoms with Gasteiger partial charge >= 0.3 is 0 Å². The number of aliphatic hydroxyl groups is 1. The molecule has 0 bridgehead atoms. The standard InChI is InChI=1S/C23H25ClN6O3S/c1-13(2)14-6-4-5-7-16(14)23(11-30(12-23)22-29-28-19(10-31)34-22)21(33)27-17-9-26-18(24)8-15(17)20(32)25-3/h4-9,13,31H,10-12H2,1-3H3,(H,25,32)(H,27,33). The quantitative estimate of drug-likeness (QED) is 0.426. The van der Waals surface area contributed by atoms with E-state index in [-0.39, 0.29) is 40.7 Å². The van der Waals surface area contributed by atoms with E-state index in [0.29, 0.717) is 23.2 Å². The van der Waals surface area contributed by atoms with Gasteiger partial charge in [0.25, 0.3) is 5.91 Å². The monoisotopic (exact) mass is 500 g/mol. The van der Waals surface area contributed by atoms with E-state index < -0.39 is 5.41 Å². The van der Waals surface area contributed by atoms with E-state index in [1.54, 1.807) is 0 Å². The lowest BCUT2D eigenvalue weighted by Crippen LogP contribution is -2.65. The molecule has 3 N–H and O–H groups in total. The minimum atomic E-state index is -0.883. The summed E-state index contributed by atoms with van der Waals surface area (Å²) in [5.41, 5.74) is 1.63. The second kappa shape index (κ2) is 9.65. The Morgan fingerprint density at radius 2 is 2.00 bits per heavy atom. The van der Waals surface area contributed by atoms with Crippen molar-refractivity contribution in [3.63, 3.8) is 0 Å². The number of carbonyl (C=O) groups is 2. The molecule has 3 heterocycles. The maximum Gasteiger partial charge on any atom is 0.253 e. The largest absolute Gasteiger partial charge is 0.389 e. The van der Waals surface area contributed by atoms with Crippen molar-refractivity contribution < 1.29 is 14.7 Å². The van der Waals surface area contributed by atoms with Gasteiger partial charge < -0.3 is 20.6 Å². The lowest BCUT2D eigenvalue weighted by molar-refractivity contribution is -0.122. The van der Waals surface area contributed by atoms with Gasteiger partial charge in [-0.2, -0.15) is 0 Å². The third-order valence-corrected chi connectivity index (χ3v) is 7.08. The minimum absolute atomic E-state index is 0.155. The van der Waals surface area contributed by atoms with Crippen molar-refractivity contribution >= 4 is 45.6 Å². The Labute approximate surface area is 206 Å². The van der Waals surface area contributed by atoms with Crippen LogP contribution in [0, 0.1) is 0 Å². The molecule has 34 heavy (non-hydrogen) atoms. The van der Waals surface area contributed by atoms with E-state index in [1.807, 2.05) is 29.2 Å². The predicted octanol–water partition coefficient (Wildman–Crippen LogP) is 2.96. The Hall–Kier alpha value is -3.08. The molecule has 9 nitrogen and oxygen atoms in total. The van der Waals surface area contributed by atoms with Gasteiger partial charge in [0.15, 0.2) is 0 Å². The van der Waals surface area contributed by atoms with Gasteiger partial charge in [-0.25, -0.2) is 4.98 Å². The molecule has 0 aliphatic carbocycles. The molecule has 0 unspecified atom stereocenters. The molecule has 0 saturated carbocycles. The molecule has 2 aromatic heterocycles. The molecule has 2 amide bonds. The fourth-order valence-electron chi connectivity index (χ4n) is 4.14. The number of amides is 2. The van der Waals surface area contributed by atoms with Crippen molar-refractivity contribution in [3.05, 3.63) is 63.4 Å². The molecule has 11 heteroatoms. The van der Waals surface area contributed by atoms with E-state index in [1.165, 1.54) is 30.6 Å². The van der Waals surface area contributed by atoms with E-state index in [4.69, 9.17) is 11.6 Å². The van der Waals surface area contributed by atoms with Crippen LogP contribution in [0.4, 0.5) is 10.8 Å². The van der Waals surface area contributed by atoms with Gasteiger partial charge in [0.2, 0.25) is 11.0 Å². The third-order valence-electron chi connectivity index (χ3n) is 5.91. The maximum absolute atomic E-state index is 13.9. The summed E-state index contributed by atoms with van der Waals surface area (Å²) in [6, 6.07) is 9.33. The Balaban J connectivity index is 1.72. The molecule has 178 valence electrons. The van der Waals surface area contributed by atoms with Crippen molar-refractivity contribution in [2.45, 2.75) is 31.8 Å². The normalized spacial score (nSPS) is 14.6. The van der Waals surface area contributed by atoms with Gasteiger partial charge in [-0.05, 0) is 23.1 Å². The summed E-state index contributed by atoms with van der Waals surface area (Å²) in [5.74, 6) is -0.425. The average Bonchev–Trinajstić information content (AvgIpc) is 3.28. The summed E-state index contributed by atoms with van der Waals surface area (Å²) >= 11 is 7.29. The van der Waals surface area contributed by atoms with Crippen LogP contribution in [0.2, 0.25) is 5.15 Å². The van der Waals surface area contributed by atoms with Crippen LogP contribution in [0.3, 0.4) is 0 Å². The van der Waals surface area contributed by atoms with Crippen LogP contribution in [-0.2, 0) is 16.8 Å². The Bertz CT molecular complexity index is 1220. The number of aliphatic hydroxyl groups excluding tert-OH is 1. The number of halogens is 1. The minimum Gasteiger partial charge on any atom is -0.389 e. The van der Waals surface area contributed by atoms with Crippen LogP contribution in [0.5, 0.6) is 0 Å². The third kappa shape index (κ3) is 4.36. The van der Waals surface area contributed by atoms with Crippen molar-refractivity contribution in [2.75, 3.05) is 30.4 Å². The highest BCUT2D eigenvalue weighted by molar-refractivity contribution is 7.15. The number of rotatable bonds is 7. The van der Waals surface area contributed by atoms with Crippen LogP contribution < -0.4 is 15.5 Å². The van der Waals surface area contributed by atoms with Crippen molar-refractivity contribution in [1.29, 1.82) is 0 Å². The zero-order chi connectivity index (χ0) is 24.5. The van der Waals surface area contributed by atoms with Gasteiger partial charge in [0.05, 0.1) is 24.1 Å². The Morgan fingerprint density at radius 1 is 1.26 bits per heavy atom. The number of aromatic nitrogens is 3. The highest BCUT2D eigenvalue weighted by atomic mass is 35.5. The summed E-state index contributed by atoms with van der Waals surface area (Å²) in [6.45, 7) is 4.74. The number of hydrogen-bond donors (Lipinski definition) is 3. The van der Waals surface area contributed by atoms with E-state index >= 15 is 0 Å². The van der Waals surface area contributed by atoms with Gasteiger partial charge in [0.1, 0.15) is 15.6 Å². The van der Waals surface area contributed by atoms with Gasteiger partial charge in [-0.1, -0.05) is 61.1 Å². The second-order valence-electron chi connectivity index (χ2n) is 8.40. The molecular weight excluding hydrogens is 476 g/mol. The first-order valence-electron chi connectivity index (χ1n) is 10.8. The molecule has 1 aromatic carbocycles. The van der Waals surface area contributed by atoms with Crippen LogP contribution in [-0.4, -0.2) is 52.2 Å². The molecule has 1 saturated heterocycles. The first-order chi connectivity index (χ1) is 16.3. The zero-order valence-corrected chi connectivity index (χ0v) is 20.6. The maximum atomic E-state index is 13.9. The molecule has 3 aromatic rings. The number of benzene rings is 1. The zero-order valence-electron chi connectivity index (χ0n) is 19.0. The Morgan fingerprint density at radius 3 is 2.65 bits per heavy atom. The van der Waals surface area contributed by atoms with Crippen LogP contribution in [0.1, 0.15) is 46.3 Å². The lowest BCUT2D eigenvalue weighted by atomic mass is 9.70. The smallest absolute Gasteiger partial charge is 0.253 e. The predicted molar refractivity (Wildman–Crippen MR) is 132 cm³/mol. The van der Waals surface area contributed by atoms with Crippen molar-refractivity contribution in [2.24, 2.45) is 0 Å². The summed E-state index contributed by atoms with van der Waals surface area (Å²) in [7, 11) is 1.51. The number of nitrogens with one attached hydrogen (secondary N) is 2. The molecule has 1 aliphatic rings. The highest BCUT2D eigenvalue weighted by Gasteiger charge is 2.53. The molecule has 1 fully saturated rings. The number of hydrogen-bond acceptors (Lipinski definition) is 8. The summed E-state index contributed by atoms with van der Waals surface area (Å²) in [5, 5.41) is 24.3. The number of carbonyl (C=O) groups excluding carboxylic acids is 2. The molecule has 0 atom stereocenters. The molecule has 0 radical (unpaired) electrons. The van der Waals surface area contributed by atoms with Gasteiger partial charge in [-0.15, -0.1) is 10.2 Å². The van der Waals surface area contributed by atoms with Crippen LogP contribution >= 0.6 is 22.9 Å². The van der Waals surface area contributed by atoms with E-state index in [2.05, 4.69) is 39.7 Å². The first-order valence-corrected chi connectivity index (χ1v) is 11.9.